The minimum absolute atomic E-state index is 0. The largest absolute Gasteiger partial charge is 0.383 e. The van der Waals surface area contributed by atoms with Gasteiger partial charge in [-0.1, -0.05) is 13.3 Å². The molecule has 1 unspecified atom stereocenters. The molecule has 1 rings (SSSR count). The summed E-state index contributed by atoms with van der Waals surface area (Å²) in [6.45, 7) is 6.70. The second-order valence-electron chi connectivity index (χ2n) is 6.39. The van der Waals surface area contributed by atoms with Gasteiger partial charge in [-0.2, -0.15) is 0 Å². The van der Waals surface area contributed by atoms with Crippen molar-refractivity contribution in [3.8, 4) is 0 Å². The van der Waals surface area contributed by atoms with E-state index in [1.807, 2.05) is 0 Å². The summed E-state index contributed by atoms with van der Waals surface area (Å²) in [4.78, 5) is 20.2. The second-order valence-corrected chi connectivity index (χ2v) is 6.39. The summed E-state index contributed by atoms with van der Waals surface area (Å²) in [5, 5.41) is 6.54. The number of piperidine rings is 1. The van der Waals surface area contributed by atoms with E-state index in [1.165, 1.54) is 32.2 Å². The summed E-state index contributed by atoms with van der Waals surface area (Å²) in [5.41, 5.74) is 0. The second kappa shape index (κ2) is 14.5. The lowest BCUT2D eigenvalue weighted by molar-refractivity contribution is -0.127. The average Bonchev–Trinajstić information content (AvgIpc) is 2.59. The number of nitrogens with one attached hydrogen (secondary N) is 2. The zero-order chi connectivity index (χ0) is 17.8. The van der Waals surface area contributed by atoms with Crippen LogP contribution < -0.4 is 10.6 Å². The summed E-state index contributed by atoms with van der Waals surface area (Å²) < 4.78 is 5.06. The van der Waals surface area contributed by atoms with Crippen LogP contribution in [0, 0.1) is 0 Å². The Labute approximate surface area is 170 Å². The molecular formula is C17H36IN5O2. The summed E-state index contributed by atoms with van der Waals surface area (Å²) >= 11 is 0. The van der Waals surface area contributed by atoms with Crippen molar-refractivity contribution < 1.29 is 9.53 Å². The van der Waals surface area contributed by atoms with Crippen LogP contribution in [-0.4, -0.2) is 88.2 Å². The molecule has 1 aliphatic rings. The third kappa shape index (κ3) is 10.2. The van der Waals surface area contributed by atoms with Crippen molar-refractivity contribution in [1.29, 1.82) is 0 Å². The summed E-state index contributed by atoms with van der Waals surface area (Å²) in [6.07, 6.45) is 5.16. The Morgan fingerprint density at radius 3 is 2.64 bits per heavy atom. The van der Waals surface area contributed by atoms with E-state index in [4.69, 9.17) is 4.74 Å². The number of likely N-dealkylation sites (N-methyl/N-ethyl adjacent to an activating group) is 1. The molecular weight excluding hydrogens is 433 g/mol. The van der Waals surface area contributed by atoms with Gasteiger partial charge in [0.05, 0.1) is 6.61 Å². The maximum Gasteiger partial charge on any atom is 0.243 e. The summed E-state index contributed by atoms with van der Waals surface area (Å²) in [5.74, 6) is 0.664. The first-order chi connectivity index (χ1) is 11.6. The molecule has 1 amide bonds. The highest BCUT2D eigenvalue weighted by Crippen LogP contribution is 2.18. The molecule has 0 aromatic heterocycles. The van der Waals surface area contributed by atoms with Crippen molar-refractivity contribution in [1.82, 2.24) is 20.4 Å². The highest BCUT2D eigenvalue weighted by atomic mass is 127. The smallest absolute Gasteiger partial charge is 0.243 e. The molecule has 1 aliphatic heterocycles. The number of hydrogen-bond acceptors (Lipinski definition) is 4. The van der Waals surface area contributed by atoms with Gasteiger partial charge >= 0.3 is 0 Å². The summed E-state index contributed by atoms with van der Waals surface area (Å²) in [7, 11) is 5.15. The molecule has 0 saturated carbocycles. The van der Waals surface area contributed by atoms with Gasteiger partial charge in [0.15, 0.2) is 5.96 Å². The van der Waals surface area contributed by atoms with Crippen molar-refractivity contribution >= 4 is 35.8 Å². The third-order valence-electron chi connectivity index (χ3n) is 4.38. The fourth-order valence-electron chi connectivity index (χ4n) is 2.87. The molecule has 148 valence electrons. The Hall–Kier alpha value is -0.610. The summed E-state index contributed by atoms with van der Waals surface area (Å²) in [6, 6.07) is 0.706. The molecule has 25 heavy (non-hydrogen) atoms. The van der Waals surface area contributed by atoms with Crippen molar-refractivity contribution in [3.63, 3.8) is 0 Å². The fraction of sp³-hybridized carbons (Fsp3) is 0.882. The number of likely N-dealkylation sites (tertiary alicyclic amines) is 1. The SMILES string of the molecule is CCC1CCCCN1CCNC(=NCC(=O)N(C)C)NCCOC.I. The van der Waals surface area contributed by atoms with Crippen molar-refractivity contribution in [2.24, 2.45) is 4.99 Å². The molecule has 0 aromatic carbocycles. The Morgan fingerprint density at radius 2 is 2.00 bits per heavy atom. The van der Waals surface area contributed by atoms with E-state index in [1.54, 1.807) is 26.1 Å². The Morgan fingerprint density at radius 1 is 1.28 bits per heavy atom. The van der Waals surface area contributed by atoms with Gasteiger partial charge in [0.1, 0.15) is 6.54 Å². The molecule has 7 nitrogen and oxygen atoms in total. The van der Waals surface area contributed by atoms with Crippen LogP contribution in [0.5, 0.6) is 0 Å². The van der Waals surface area contributed by atoms with Crippen LogP contribution >= 0.6 is 24.0 Å². The normalized spacial score (nSPS) is 18.4. The van der Waals surface area contributed by atoms with Crippen LogP contribution in [0.2, 0.25) is 0 Å². The predicted molar refractivity (Wildman–Crippen MR) is 114 cm³/mol. The van der Waals surface area contributed by atoms with Crippen molar-refractivity contribution in [3.05, 3.63) is 0 Å². The lowest BCUT2D eigenvalue weighted by atomic mass is 10.0. The van der Waals surface area contributed by atoms with E-state index >= 15 is 0 Å². The number of methoxy groups -OCH3 is 1. The van der Waals surface area contributed by atoms with E-state index < -0.39 is 0 Å². The molecule has 1 fully saturated rings. The van der Waals surface area contributed by atoms with E-state index in [0.29, 0.717) is 25.2 Å². The van der Waals surface area contributed by atoms with Gasteiger partial charge in [-0.25, -0.2) is 4.99 Å². The number of aliphatic imine (C=N–C) groups is 1. The molecule has 8 heteroatoms. The lowest BCUT2D eigenvalue weighted by Gasteiger charge is -2.35. The lowest BCUT2D eigenvalue weighted by Crippen LogP contribution is -2.46. The number of nitrogens with zero attached hydrogens (tertiary/aromatic N) is 3. The van der Waals surface area contributed by atoms with E-state index in [-0.39, 0.29) is 36.4 Å². The Kier molecular flexibility index (Phi) is 14.2. The van der Waals surface area contributed by atoms with Crippen LogP contribution in [-0.2, 0) is 9.53 Å². The Bertz CT molecular complexity index is 393. The quantitative estimate of drug-likeness (QED) is 0.230. The maximum atomic E-state index is 11.7. The van der Waals surface area contributed by atoms with E-state index in [2.05, 4.69) is 27.4 Å². The number of amides is 1. The number of ether oxygens (including phenoxy) is 1. The molecule has 0 spiro atoms. The van der Waals surface area contributed by atoms with E-state index in [9.17, 15) is 4.79 Å². The number of carbonyl (C=O) groups is 1. The van der Waals surface area contributed by atoms with Gasteiger partial charge in [0.2, 0.25) is 5.91 Å². The van der Waals surface area contributed by atoms with Gasteiger partial charge in [0, 0.05) is 46.9 Å². The van der Waals surface area contributed by atoms with Crippen LogP contribution in [0.1, 0.15) is 32.6 Å². The number of carbonyl (C=O) groups excluding carboxylic acids is 1. The molecule has 0 aliphatic carbocycles. The highest BCUT2D eigenvalue weighted by molar-refractivity contribution is 14.0. The first-order valence-electron chi connectivity index (χ1n) is 9.03. The van der Waals surface area contributed by atoms with Crippen LogP contribution in [0.15, 0.2) is 4.99 Å². The standard InChI is InChI=1S/C17H35N5O2.HI/c1-5-15-8-6-7-11-22(15)12-9-18-17(19-10-13-24-4)20-14-16(23)21(2)3;/h15H,5-14H2,1-4H3,(H2,18,19,20);1H. The molecule has 0 bridgehead atoms. The van der Waals surface area contributed by atoms with E-state index in [0.717, 1.165) is 13.1 Å². The number of guanidine groups is 1. The maximum absolute atomic E-state index is 11.7. The first-order valence-corrected chi connectivity index (χ1v) is 9.03. The molecule has 2 N–H and O–H groups in total. The molecule has 1 heterocycles. The molecule has 0 aromatic rings. The monoisotopic (exact) mass is 469 g/mol. The predicted octanol–water partition coefficient (Wildman–Crippen LogP) is 1.14. The minimum Gasteiger partial charge on any atom is -0.383 e. The zero-order valence-corrected chi connectivity index (χ0v) is 18.5. The fourth-order valence-corrected chi connectivity index (χ4v) is 2.87. The van der Waals surface area contributed by atoms with Crippen LogP contribution in [0.25, 0.3) is 0 Å². The van der Waals surface area contributed by atoms with Gasteiger partial charge < -0.3 is 20.3 Å². The minimum atomic E-state index is -0.00933. The van der Waals surface area contributed by atoms with Gasteiger partial charge in [-0.05, 0) is 25.8 Å². The molecule has 1 atom stereocenters. The third-order valence-corrected chi connectivity index (χ3v) is 4.38. The van der Waals surface area contributed by atoms with Crippen molar-refractivity contribution in [2.45, 2.75) is 38.6 Å². The van der Waals surface area contributed by atoms with Gasteiger partial charge in [0.25, 0.3) is 0 Å². The highest BCUT2D eigenvalue weighted by Gasteiger charge is 2.19. The average molecular weight is 469 g/mol. The van der Waals surface area contributed by atoms with Crippen LogP contribution in [0.4, 0.5) is 0 Å². The molecule has 1 saturated heterocycles. The van der Waals surface area contributed by atoms with Gasteiger partial charge in [-0.3, -0.25) is 9.69 Å². The Balaban J connectivity index is 0.00000576. The van der Waals surface area contributed by atoms with Crippen molar-refractivity contribution in [2.75, 3.05) is 60.5 Å². The number of halogens is 1. The first kappa shape index (κ1) is 24.4. The van der Waals surface area contributed by atoms with Crippen LogP contribution in [0.3, 0.4) is 0 Å². The van der Waals surface area contributed by atoms with Gasteiger partial charge in [-0.15, -0.1) is 24.0 Å². The molecule has 0 radical (unpaired) electrons. The topological polar surface area (TPSA) is 69.2 Å². The zero-order valence-electron chi connectivity index (χ0n) is 16.2. The number of hydrogen-bond donors (Lipinski definition) is 2. The number of rotatable bonds is 9.